The minimum Gasteiger partial charge on any atom is -0.444 e. The van der Waals surface area contributed by atoms with Crippen molar-refractivity contribution < 1.29 is 9.53 Å². The Bertz CT molecular complexity index is 682. The van der Waals surface area contributed by atoms with E-state index in [4.69, 9.17) is 10.5 Å². The Labute approximate surface area is 140 Å². The Morgan fingerprint density at radius 2 is 1.92 bits per heavy atom. The second kappa shape index (κ2) is 6.74. The largest absolute Gasteiger partial charge is 0.444 e. The van der Waals surface area contributed by atoms with E-state index in [-0.39, 0.29) is 17.5 Å². The minimum absolute atomic E-state index is 0.0580. The van der Waals surface area contributed by atoms with Gasteiger partial charge in [0.05, 0.1) is 16.9 Å². The number of nitrogens with zero attached hydrogens (tertiary/aromatic N) is 4. The van der Waals surface area contributed by atoms with Crippen molar-refractivity contribution >= 4 is 23.2 Å². The lowest BCUT2D eigenvalue weighted by atomic mass is 10.1. The number of rotatable bonds is 2. The zero-order valence-electron chi connectivity index (χ0n) is 14.1. The summed E-state index contributed by atoms with van der Waals surface area (Å²) in [7, 11) is 0. The van der Waals surface area contributed by atoms with Crippen molar-refractivity contribution in [2.24, 2.45) is 5.18 Å². The molecule has 0 saturated carbocycles. The molecule has 0 radical (unpaired) electrons. The molecule has 0 bridgehead atoms. The highest BCUT2D eigenvalue weighted by molar-refractivity contribution is 5.75. The summed E-state index contributed by atoms with van der Waals surface area (Å²) in [6.07, 6.45) is -0.345. The van der Waals surface area contributed by atoms with E-state index in [2.05, 4.69) is 11.2 Å². The monoisotopic (exact) mass is 331 g/mol. The maximum Gasteiger partial charge on any atom is 0.410 e. The van der Waals surface area contributed by atoms with E-state index in [1.165, 1.54) is 6.07 Å². The van der Waals surface area contributed by atoms with Crippen molar-refractivity contribution in [3.8, 4) is 6.07 Å². The molecular weight excluding hydrogens is 310 g/mol. The first-order valence-corrected chi connectivity index (χ1v) is 7.65. The summed E-state index contributed by atoms with van der Waals surface area (Å²) < 4.78 is 5.36. The number of benzene rings is 1. The first-order chi connectivity index (χ1) is 11.2. The molecule has 2 N–H and O–H groups in total. The molecule has 1 heterocycles. The van der Waals surface area contributed by atoms with Gasteiger partial charge in [0.15, 0.2) is 0 Å². The Kier molecular flexibility index (Phi) is 4.93. The number of carbonyl (C=O) groups excluding carboxylic acids is 1. The lowest BCUT2D eigenvalue weighted by Gasteiger charge is -2.37. The Morgan fingerprint density at radius 3 is 2.42 bits per heavy atom. The van der Waals surface area contributed by atoms with Gasteiger partial charge in [-0.15, -0.1) is 4.91 Å². The normalized spacial score (nSPS) is 14.9. The maximum absolute atomic E-state index is 12.1. The first-order valence-electron chi connectivity index (χ1n) is 7.65. The van der Waals surface area contributed by atoms with E-state index in [0.717, 1.165) is 0 Å². The van der Waals surface area contributed by atoms with Gasteiger partial charge >= 0.3 is 6.09 Å². The number of hydrogen-bond acceptors (Lipinski definition) is 7. The average molecular weight is 331 g/mol. The maximum atomic E-state index is 12.1. The number of ether oxygens (including phenoxy) is 1. The smallest absolute Gasteiger partial charge is 0.410 e. The topological polar surface area (TPSA) is 112 Å². The first kappa shape index (κ1) is 17.5. The summed E-state index contributed by atoms with van der Waals surface area (Å²) in [6.45, 7) is 7.52. The van der Waals surface area contributed by atoms with Crippen LogP contribution in [0.3, 0.4) is 0 Å². The third kappa shape index (κ3) is 3.93. The predicted molar refractivity (Wildman–Crippen MR) is 91.0 cm³/mol. The minimum atomic E-state index is -0.533. The summed E-state index contributed by atoms with van der Waals surface area (Å²) in [5, 5.41) is 12.1. The van der Waals surface area contributed by atoms with Crippen molar-refractivity contribution in [2.75, 3.05) is 36.8 Å². The van der Waals surface area contributed by atoms with Crippen LogP contribution in [0.15, 0.2) is 17.3 Å². The summed E-state index contributed by atoms with van der Waals surface area (Å²) in [4.78, 5) is 26.4. The van der Waals surface area contributed by atoms with Gasteiger partial charge in [-0.3, -0.25) is 0 Å². The van der Waals surface area contributed by atoms with Gasteiger partial charge in [0.2, 0.25) is 0 Å². The number of nitroso groups, excluding NO2 is 1. The third-order valence-corrected chi connectivity index (χ3v) is 3.64. The van der Waals surface area contributed by atoms with Crippen molar-refractivity contribution in [1.29, 1.82) is 5.26 Å². The SMILES string of the molecule is CC(C)(C)OC(=O)N1CCN(c2cc(N)c(N=O)cc2C#N)CC1. The zero-order valence-corrected chi connectivity index (χ0v) is 14.1. The van der Waals surface area contributed by atoms with Crippen LogP contribution in [0.2, 0.25) is 0 Å². The zero-order chi connectivity index (χ0) is 17.9. The highest BCUT2D eigenvalue weighted by Crippen LogP contribution is 2.32. The molecule has 1 fully saturated rings. The molecule has 8 heteroatoms. The van der Waals surface area contributed by atoms with Gasteiger partial charge in [-0.25, -0.2) is 4.79 Å². The standard InChI is InChI=1S/C16H21N5O3/c1-16(2,3)24-15(22)21-6-4-20(5-7-21)14-9-12(18)13(19-23)8-11(14)10-17/h8-9H,4-7,18H2,1-3H3. The van der Waals surface area contributed by atoms with Crippen LogP contribution in [-0.2, 0) is 4.74 Å². The fourth-order valence-electron chi connectivity index (χ4n) is 2.48. The summed E-state index contributed by atoms with van der Waals surface area (Å²) in [5.74, 6) is 0. The number of piperazine rings is 1. The van der Waals surface area contributed by atoms with Crippen LogP contribution in [0.4, 0.5) is 21.9 Å². The van der Waals surface area contributed by atoms with E-state index in [9.17, 15) is 15.0 Å². The highest BCUT2D eigenvalue weighted by Gasteiger charge is 2.27. The number of amides is 1. The Hall–Kier alpha value is -2.82. The predicted octanol–water partition coefficient (Wildman–Crippen LogP) is 2.60. The molecule has 0 atom stereocenters. The summed E-state index contributed by atoms with van der Waals surface area (Å²) in [5.41, 5.74) is 6.53. The Morgan fingerprint density at radius 1 is 1.29 bits per heavy atom. The highest BCUT2D eigenvalue weighted by atomic mass is 16.6. The third-order valence-electron chi connectivity index (χ3n) is 3.64. The number of carbonyl (C=O) groups is 1. The van der Waals surface area contributed by atoms with Crippen LogP contribution in [0, 0.1) is 16.2 Å². The fourth-order valence-corrected chi connectivity index (χ4v) is 2.48. The average Bonchev–Trinajstić information content (AvgIpc) is 2.53. The van der Waals surface area contributed by atoms with Gasteiger partial charge in [0.25, 0.3) is 0 Å². The van der Waals surface area contributed by atoms with Gasteiger partial charge < -0.3 is 20.3 Å². The van der Waals surface area contributed by atoms with Gasteiger partial charge in [-0.2, -0.15) is 5.26 Å². The van der Waals surface area contributed by atoms with Gasteiger partial charge in [0.1, 0.15) is 17.4 Å². The molecule has 0 unspecified atom stereocenters. The number of hydrogen-bond donors (Lipinski definition) is 1. The van der Waals surface area contributed by atoms with Crippen LogP contribution in [-0.4, -0.2) is 42.8 Å². The van der Waals surface area contributed by atoms with Crippen LogP contribution >= 0.6 is 0 Å². The number of anilines is 2. The van der Waals surface area contributed by atoms with Crippen molar-refractivity contribution in [3.05, 3.63) is 22.6 Å². The molecule has 128 valence electrons. The fraction of sp³-hybridized carbons (Fsp3) is 0.500. The Balaban J connectivity index is 2.10. The molecule has 1 aliphatic heterocycles. The molecular formula is C16H21N5O3. The second-order valence-corrected chi connectivity index (χ2v) is 6.59. The molecule has 0 spiro atoms. The van der Waals surface area contributed by atoms with Crippen molar-refractivity contribution in [3.63, 3.8) is 0 Å². The van der Waals surface area contributed by atoms with Gasteiger partial charge in [0, 0.05) is 26.2 Å². The second-order valence-electron chi connectivity index (χ2n) is 6.59. The van der Waals surface area contributed by atoms with E-state index in [1.807, 2.05) is 25.7 Å². The molecule has 2 rings (SSSR count). The van der Waals surface area contributed by atoms with E-state index in [1.54, 1.807) is 11.0 Å². The molecule has 1 saturated heterocycles. The van der Waals surface area contributed by atoms with E-state index in [0.29, 0.717) is 37.4 Å². The molecule has 8 nitrogen and oxygen atoms in total. The number of nitriles is 1. The lowest BCUT2D eigenvalue weighted by molar-refractivity contribution is 0.0240. The van der Waals surface area contributed by atoms with Gasteiger partial charge in [-0.1, -0.05) is 0 Å². The molecule has 1 amide bonds. The van der Waals surface area contributed by atoms with Crippen LogP contribution in [0.25, 0.3) is 0 Å². The molecule has 24 heavy (non-hydrogen) atoms. The van der Waals surface area contributed by atoms with Gasteiger partial charge in [-0.05, 0) is 38.1 Å². The molecule has 1 aromatic carbocycles. The summed E-state index contributed by atoms with van der Waals surface area (Å²) in [6, 6.07) is 5.03. The number of nitrogens with two attached hydrogens (primary N) is 1. The molecule has 1 aromatic rings. The number of nitrogen functional groups attached to an aromatic ring is 1. The lowest BCUT2D eigenvalue weighted by Crippen LogP contribution is -2.50. The molecule has 0 aliphatic carbocycles. The van der Waals surface area contributed by atoms with Crippen LogP contribution < -0.4 is 10.6 Å². The molecule has 0 aromatic heterocycles. The van der Waals surface area contributed by atoms with Crippen LogP contribution in [0.5, 0.6) is 0 Å². The van der Waals surface area contributed by atoms with Crippen LogP contribution in [0.1, 0.15) is 26.3 Å². The molecule has 1 aliphatic rings. The van der Waals surface area contributed by atoms with E-state index < -0.39 is 5.60 Å². The van der Waals surface area contributed by atoms with Crippen molar-refractivity contribution in [2.45, 2.75) is 26.4 Å². The van der Waals surface area contributed by atoms with E-state index >= 15 is 0 Å². The summed E-state index contributed by atoms with van der Waals surface area (Å²) >= 11 is 0. The van der Waals surface area contributed by atoms with Crippen molar-refractivity contribution in [1.82, 2.24) is 4.90 Å². The quantitative estimate of drug-likeness (QED) is 0.658.